The number of carbonyl (C=O) groups excluding carboxylic acids is 1. The maximum Gasteiger partial charge on any atom is 0.254 e. The Kier molecular flexibility index (Phi) is 5.39. The van der Waals surface area contributed by atoms with Gasteiger partial charge in [-0.05, 0) is 73.6 Å². The third-order valence-electron chi connectivity index (χ3n) is 7.38. The summed E-state index contributed by atoms with van der Waals surface area (Å²) in [6.45, 7) is 4.62. The van der Waals surface area contributed by atoms with E-state index >= 15 is 0 Å². The van der Waals surface area contributed by atoms with Gasteiger partial charge in [-0.15, -0.1) is 0 Å². The zero-order valence-corrected chi connectivity index (χ0v) is 19.7. The molecule has 0 bridgehead atoms. The van der Waals surface area contributed by atoms with Crippen molar-refractivity contribution in [2.75, 3.05) is 20.8 Å². The molecule has 1 unspecified atom stereocenters. The lowest BCUT2D eigenvalue weighted by Crippen LogP contribution is -2.46. The Balaban J connectivity index is 1.74. The van der Waals surface area contributed by atoms with Crippen LogP contribution in [-0.2, 0) is 11.2 Å². The lowest BCUT2D eigenvalue weighted by molar-refractivity contribution is -0.140. The number of H-pyrrole nitrogens is 1. The molecule has 1 N–H and O–H groups in total. The van der Waals surface area contributed by atoms with Crippen LogP contribution in [0.3, 0.4) is 0 Å². The van der Waals surface area contributed by atoms with Crippen LogP contribution in [-0.4, -0.2) is 36.6 Å². The Morgan fingerprint density at radius 3 is 2.36 bits per heavy atom. The van der Waals surface area contributed by atoms with Gasteiger partial charge < -0.3 is 19.4 Å². The number of carbonyl (C=O) groups is 1. The highest BCUT2D eigenvalue weighted by atomic mass is 16.5. The van der Waals surface area contributed by atoms with Crippen LogP contribution in [0.2, 0.25) is 0 Å². The van der Waals surface area contributed by atoms with Crippen LogP contribution in [0.15, 0.2) is 35.1 Å². The Morgan fingerprint density at radius 1 is 1.00 bits per heavy atom. The van der Waals surface area contributed by atoms with Crippen molar-refractivity contribution < 1.29 is 14.3 Å². The molecule has 2 aromatic carbocycles. The quantitative estimate of drug-likeness (QED) is 0.643. The van der Waals surface area contributed by atoms with Crippen molar-refractivity contribution in [3.63, 3.8) is 0 Å². The van der Waals surface area contributed by atoms with Gasteiger partial charge in [-0.2, -0.15) is 0 Å². The fourth-order valence-corrected chi connectivity index (χ4v) is 5.20. The van der Waals surface area contributed by atoms with Crippen molar-refractivity contribution in [3.8, 4) is 11.5 Å². The SMILES string of the molecule is COc1cc2c(cc1OC)C(c1cc3c(C)ccc(C)c3[nH]c1=O)N(C(=O)C1CCC1)CC2. The zero-order chi connectivity index (χ0) is 23.3. The highest BCUT2D eigenvalue weighted by Gasteiger charge is 2.39. The van der Waals surface area contributed by atoms with Crippen LogP contribution < -0.4 is 15.0 Å². The lowest BCUT2D eigenvalue weighted by Gasteiger charge is -2.41. The molecule has 1 aliphatic carbocycles. The standard InChI is InChI=1S/C27H30N2O4/c1-15-8-9-16(2)24-19(15)13-21(26(30)28-24)25-20-14-23(33-4)22(32-3)12-18(20)10-11-29(25)27(31)17-6-5-7-17/h8-9,12-14,17,25H,5-7,10-11H2,1-4H3,(H,28,30). The number of aromatic amines is 1. The normalized spacial score (nSPS) is 18.1. The first-order valence-corrected chi connectivity index (χ1v) is 11.6. The highest BCUT2D eigenvalue weighted by Crippen LogP contribution is 2.42. The third kappa shape index (κ3) is 3.48. The molecule has 33 heavy (non-hydrogen) atoms. The molecule has 0 radical (unpaired) electrons. The molecule has 1 amide bonds. The second-order valence-electron chi connectivity index (χ2n) is 9.26. The fraction of sp³-hybridized carbons (Fsp3) is 0.407. The van der Waals surface area contributed by atoms with Gasteiger partial charge in [-0.25, -0.2) is 0 Å². The maximum atomic E-state index is 13.5. The number of nitrogens with zero attached hydrogens (tertiary/aromatic N) is 1. The number of benzene rings is 2. The van der Waals surface area contributed by atoms with Gasteiger partial charge in [0.15, 0.2) is 11.5 Å². The van der Waals surface area contributed by atoms with Crippen molar-refractivity contribution in [2.45, 2.75) is 45.6 Å². The van der Waals surface area contributed by atoms with E-state index in [9.17, 15) is 9.59 Å². The number of hydrogen-bond donors (Lipinski definition) is 1. The average molecular weight is 447 g/mol. The van der Waals surface area contributed by atoms with E-state index in [1.807, 2.05) is 43.0 Å². The van der Waals surface area contributed by atoms with Gasteiger partial charge in [0.25, 0.3) is 5.56 Å². The summed E-state index contributed by atoms with van der Waals surface area (Å²) in [7, 11) is 3.23. The van der Waals surface area contributed by atoms with Crippen LogP contribution in [0, 0.1) is 19.8 Å². The third-order valence-corrected chi connectivity index (χ3v) is 7.38. The molecule has 1 aromatic heterocycles. The number of fused-ring (bicyclic) bond motifs is 2. The number of aromatic nitrogens is 1. The summed E-state index contributed by atoms with van der Waals surface area (Å²) in [5.74, 6) is 1.46. The molecule has 1 saturated carbocycles. The van der Waals surface area contributed by atoms with Crippen LogP contribution in [0.5, 0.6) is 11.5 Å². The van der Waals surface area contributed by atoms with E-state index < -0.39 is 6.04 Å². The topological polar surface area (TPSA) is 71.6 Å². The summed E-state index contributed by atoms with van der Waals surface area (Å²) in [5.41, 5.74) is 5.42. The molecule has 1 aliphatic heterocycles. The Hall–Kier alpha value is -3.28. The molecule has 5 rings (SSSR count). The minimum atomic E-state index is -0.463. The lowest BCUT2D eigenvalue weighted by atomic mass is 9.81. The molecule has 3 aromatic rings. The molecule has 0 saturated heterocycles. The van der Waals surface area contributed by atoms with E-state index in [0.29, 0.717) is 30.0 Å². The molecule has 172 valence electrons. The van der Waals surface area contributed by atoms with E-state index in [1.165, 1.54) is 0 Å². The van der Waals surface area contributed by atoms with Crippen LogP contribution in [0.1, 0.15) is 53.1 Å². The van der Waals surface area contributed by atoms with E-state index in [2.05, 4.69) is 11.1 Å². The van der Waals surface area contributed by atoms with Crippen molar-refractivity contribution in [3.05, 3.63) is 68.5 Å². The van der Waals surface area contributed by atoms with Crippen LogP contribution >= 0.6 is 0 Å². The van der Waals surface area contributed by atoms with Gasteiger partial charge in [0.1, 0.15) is 0 Å². The molecule has 6 heteroatoms. The minimum Gasteiger partial charge on any atom is -0.493 e. The summed E-state index contributed by atoms with van der Waals surface area (Å²) < 4.78 is 11.1. The number of nitrogens with one attached hydrogen (secondary N) is 1. The predicted octanol–water partition coefficient (Wildman–Crippen LogP) is 4.44. The average Bonchev–Trinajstić information content (AvgIpc) is 2.78. The molecule has 1 fully saturated rings. The Labute approximate surface area is 193 Å². The van der Waals surface area contributed by atoms with Crippen molar-refractivity contribution in [1.29, 1.82) is 0 Å². The second kappa shape index (κ2) is 8.25. The molecule has 2 heterocycles. The van der Waals surface area contributed by atoms with Crippen molar-refractivity contribution in [1.82, 2.24) is 9.88 Å². The minimum absolute atomic E-state index is 0.0534. The number of pyridine rings is 1. The largest absolute Gasteiger partial charge is 0.493 e. The summed E-state index contributed by atoms with van der Waals surface area (Å²) >= 11 is 0. The predicted molar refractivity (Wildman–Crippen MR) is 128 cm³/mol. The van der Waals surface area contributed by atoms with E-state index in [-0.39, 0.29) is 17.4 Å². The van der Waals surface area contributed by atoms with E-state index in [4.69, 9.17) is 9.47 Å². The van der Waals surface area contributed by atoms with Crippen molar-refractivity contribution >= 4 is 16.8 Å². The summed E-state index contributed by atoms with van der Waals surface area (Å²) in [6, 6.07) is 9.53. The van der Waals surface area contributed by atoms with Crippen molar-refractivity contribution in [2.24, 2.45) is 5.92 Å². The highest BCUT2D eigenvalue weighted by molar-refractivity contribution is 5.86. The second-order valence-corrected chi connectivity index (χ2v) is 9.26. The molecule has 1 atom stereocenters. The summed E-state index contributed by atoms with van der Waals surface area (Å²) in [5, 5.41) is 1.01. The number of methoxy groups -OCH3 is 2. The first-order valence-electron chi connectivity index (χ1n) is 11.6. The van der Waals surface area contributed by atoms with Gasteiger partial charge in [0.05, 0.1) is 25.8 Å². The van der Waals surface area contributed by atoms with Gasteiger partial charge in [-0.1, -0.05) is 18.6 Å². The van der Waals surface area contributed by atoms with Crippen LogP contribution in [0.25, 0.3) is 10.9 Å². The summed E-state index contributed by atoms with van der Waals surface area (Å²) in [4.78, 5) is 32.0. The number of rotatable bonds is 4. The Bertz CT molecular complexity index is 1310. The maximum absolute atomic E-state index is 13.5. The first kappa shape index (κ1) is 21.6. The monoisotopic (exact) mass is 446 g/mol. The van der Waals surface area contributed by atoms with Gasteiger partial charge in [0, 0.05) is 23.4 Å². The Morgan fingerprint density at radius 2 is 1.70 bits per heavy atom. The number of ether oxygens (including phenoxy) is 2. The molecular formula is C27H30N2O4. The number of aryl methyl sites for hydroxylation is 2. The molecule has 6 nitrogen and oxygen atoms in total. The molecule has 0 spiro atoms. The molecule has 2 aliphatic rings. The van der Waals surface area contributed by atoms with Crippen LogP contribution in [0.4, 0.5) is 0 Å². The van der Waals surface area contributed by atoms with E-state index in [1.54, 1.807) is 14.2 Å². The molecular weight excluding hydrogens is 416 g/mol. The van der Waals surface area contributed by atoms with E-state index in [0.717, 1.165) is 52.4 Å². The first-order chi connectivity index (χ1) is 15.9. The number of amides is 1. The number of hydrogen-bond acceptors (Lipinski definition) is 4. The van der Waals surface area contributed by atoms with Gasteiger partial charge >= 0.3 is 0 Å². The fourth-order valence-electron chi connectivity index (χ4n) is 5.20. The van der Waals surface area contributed by atoms with Gasteiger partial charge in [0.2, 0.25) is 5.91 Å². The zero-order valence-electron chi connectivity index (χ0n) is 19.7. The van der Waals surface area contributed by atoms with Gasteiger partial charge in [-0.3, -0.25) is 9.59 Å². The smallest absolute Gasteiger partial charge is 0.254 e. The summed E-state index contributed by atoms with van der Waals surface area (Å²) in [6.07, 6.45) is 3.65.